The summed E-state index contributed by atoms with van der Waals surface area (Å²) in [6, 6.07) is -0.800. The largest absolute Gasteiger partial charge is 0.756 e. The summed E-state index contributed by atoms with van der Waals surface area (Å²) in [6.45, 7) is 4.72. The number of quaternary nitrogens is 1. The van der Waals surface area contributed by atoms with Crippen molar-refractivity contribution < 1.29 is 32.9 Å². The minimum Gasteiger partial charge on any atom is -0.756 e. The van der Waals surface area contributed by atoms with Crippen molar-refractivity contribution in [3.8, 4) is 0 Å². The minimum atomic E-state index is -4.56. The van der Waals surface area contributed by atoms with Gasteiger partial charge in [0.05, 0.1) is 39.9 Å². The van der Waals surface area contributed by atoms with Gasteiger partial charge in [0, 0.05) is 6.42 Å². The first kappa shape index (κ1) is 52.2. The number of unbranched alkanes of at least 4 members (excludes halogenated alkanes) is 26. The fourth-order valence-corrected chi connectivity index (χ4v) is 7.35. The number of phosphoric ester groups is 1. The number of nitrogens with zero attached hydrogens (tertiary/aromatic N) is 1. The van der Waals surface area contributed by atoms with E-state index in [2.05, 4.69) is 31.3 Å². The number of aliphatic hydroxyl groups excluding tert-OH is 1. The van der Waals surface area contributed by atoms with Gasteiger partial charge in [0.15, 0.2) is 0 Å². The molecule has 1 amide bonds. The lowest BCUT2D eigenvalue weighted by atomic mass is 10.0. The standard InChI is InChI=1S/C44H89N2O6P/c1-6-8-10-12-14-16-18-20-22-24-25-27-29-31-33-35-37-43(47)42(41-52-53(49,50)51-40-39-46(3,4)5)45-44(48)38-36-34-32-30-28-26-23-21-19-17-15-13-11-9-7-2/h21,23,42-43,47H,6-20,22,24-41H2,1-5H3,(H-,45,48,49,50)/b23-21+/t42-,43+/m0/s1. The molecule has 0 aromatic heterocycles. The molecule has 3 atom stereocenters. The number of carbonyl (C=O) groups excluding carboxylic acids is 1. The van der Waals surface area contributed by atoms with Crippen LogP contribution in [-0.2, 0) is 18.4 Å². The normalized spacial score (nSPS) is 14.5. The summed E-state index contributed by atoms with van der Waals surface area (Å²) >= 11 is 0. The van der Waals surface area contributed by atoms with Gasteiger partial charge in [0.1, 0.15) is 13.2 Å². The molecule has 0 aromatic rings. The highest BCUT2D eigenvalue weighted by molar-refractivity contribution is 7.45. The topological polar surface area (TPSA) is 108 Å². The van der Waals surface area contributed by atoms with E-state index in [4.69, 9.17) is 9.05 Å². The van der Waals surface area contributed by atoms with Crippen LogP contribution >= 0.6 is 7.82 Å². The van der Waals surface area contributed by atoms with Crippen LogP contribution in [0.5, 0.6) is 0 Å². The number of aliphatic hydroxyl groups is 1. The molecule has 2 N–H and O–H groups in total. The first-order valence-electron chi connectivity index (χ1n) is 22.5. The molecule has 0 aliphatic heterocycles. The molecule has 0 saturated heterocycles. The van der Waals surface area contributed by atoms with E-state index in [1.807, 2.05) is 21.1 Å². The molecule has 0 saturated carbocycles. The van der Waals surface area contributed by atoms with Gasteiger partial charge in [-0.15, -0.1) is 0 Å². The molecular weight excluding hydrogens is 683 g/mol. The number of nitrogens with one attached hydrogen (secondary N) is 1. The highest BCUT2D eigenvalue weighted by Gasteiger charge is 2.24. The van der Waals surface area contributed by atoms with Crippen molar-refractivity contribution in [1.82, 2.24) is 5.32 Å². The second-order valence-corrected chi connectivity index (χ2v) is 18.2. The molecule has 8 nitrogen and oxygen atoms in total. The lowest BCUT2D eigenvalue weighted by Crippen LogP contribution is -2.46. The summed E-state index contributed by atoms with van der Waals surface area (Å²) in [5, 5.41) is 13.9. The molecule has 9 heteroatoms. The summed E-state index contributed by atoms with van der Waals surface area (Å²) in [5.41, 5.74) is 0. The van der Waals surface area contributed by atoms with E-state index in [0.29, 0.717) is 23.9 Å². The molecule has 0 rings (SSSR count). The molecule has 0 aliphatic carbocycles. The Morgan fingerprint density at radius 3 is 1.47 bits per heavy atom. The predicted octanol–water partition coefficient (Wildman–Crippen LogP) is 11.7. The summed E-state index contributed by atoms with van der Waals surface area (Å²) < 4.78 is 23.3. The van der Waals surface area contributed by atoms with Crippen molar-refractivity contribution in [1.29, 1.82) is 0 Å². The van der Waals surface area contributed by atoms with Gasteiger partial charge < -0.3 is 28.8 Å². The summed E-state index contributed by atoms with van der Waals surface area (Å²) in [5.74, 6) is -0.172. The Morgan fingerprint density at radius 2 is 1.04 bits per heavy atom. The van der Waals surface area contributed by atoms with Gasteiger partial charge >= 0.3 is 0 Å². The van der Waals surface area contributed by atoms with Crippen molar-refractivity contribution in [2.24, 2.45) is 0 Å². The van der Waals surface area contributed by atoms with Crippen molar-refractivity contribution >= 4 is 13.7 Å². The van der Waals surface area contributed by atoms with Crippen LogP contribution in [0.1, 0.15) is 213 Å². The third-order valence-electron chi connectivity index (χ3n) is 10.3. The third-order valence-corrected chi connectivity index (χ3v) is 11.2. The number of carbonyl (C=O) groups is 1. The summed E-state index contributed by atoms with van der Waals surface area (Å²) in [7, 11) is 1.30. The van der Waals surface area contributed by atoms with E-state index in [0.717, 1.165) is 51.4 Å². The number of hydrogen-bond donors (Lipinski definition) is 2. The van der Waals surface area contributed by atoms with Gasteiger partial charge in [-0.2, -0.15) is 0 Å². The van der Waals surface area contributed by atoms with Crippen LogP contribution in [0.4, 0.5) is 0 Å². The smallest absolute Gasteiger partial charge is 0.268 e. The van der Waals surface area contributed by atoms with E-state index in [1.165, 1.54) is 135 Å². The van der Waals surface area contributed by atoms with Crippen LogP contribution in [0, 0.1) is 0 Å². The van der Waals surface area contributed by atoms with E-state index < -0.39 is 20.0 Å². The lowest BCUT2D eigenvalue weighted by molar-refractivity contribution is -0.870. The number of hydrogen-bond acceptors (Lipinski definition) is 6. The number of amides is 1. The number of likely N-dealkylation sites (N-methyl/N-ethyl adjacent to an activating group) is 1. The van der Waals surface area contributed by atoms with Crippen molar-refractivity contribution in [2.45, 2.75) is 225 Å². The average molecular weight is 773 g/mol. The monoisotopic (exact) mass is 773 g/mol. The Balaban J connectivity index is 4.36. The van der Waals surface area contributed by atoms with E-state index >= 15 is 0 Å². The van der Waals surface area contributed by atoms with Crippen LogP contribution < -0.4 is 10.2 Å². The first-order chi connectivity index (χ1) is 25.5. The SMILES string of the molecule is CCCCCCCC/C=C/CCCCCCCC(=O)N[C@@H](COP(=O)([O-])OCC[N+](C)(C)C)[C@H](O)CCCCCCCCCCCCCCCCCC. The Labute approximate surface area is 329 Å². The lowest BCUT2D eigenvalue weighted by Gasteiger charge is -2.30. The Hall–Kier alpha value is -0.760. The average Bonchev–Trinajstić information content (AvgIpc) is 3.10. The summed E-state index contributed by atoms with van der Waals surface area (Å²) in [4.78, 5) is 25.3. The number of phosphoric acid groups is 1. The molecule has 0 radical (unpaired) electrons. The molecular formula is C44H89N2O6P. The number of rotatable bonds is 41. The molecule has 0 fully saturated rings. The molecule has 316 valence electrons. The quantitative estimate of drug-likeness (QED) is 0.0277. The van der Waals surface area contributed by atoms with E-state index in [9.17, 15) is 19.4 Å². The van der Waals surface area contributed by atoms with Gasteiger partial charge in [-0.05, 0) is 38.5 Å². The molecule has 0 bridgehead atoms. The molecule has 0 heterocycles. The fraction of sp³-hybridized carbons (Fsp3) is 0.932. The Kier molecular flexibility index (Phi) is 36.3. The molecule has 0 aromatic carbocycles. The van der Waals surface area contributed by atoms with Gasteiger partial charge in [-0.25, -0.2) is 0 Å². The highest BCUT2D eigenvalue weighted by Crippen LogP contribution is 2.38. The van der Waals surface area contributed by atoms with Crippen LogP contribution in [-0.4, -0.2) is 68.5 Å². The fourth-order valence-electron chi connectivity index (χ4n) is 6.62. The van der Waals surface area contributed by atoms with Crippen molar-refractivity contribution in [3.05, 3.63) is 12.2 Å². The molecule has 0 spiro atoms. The van der Waals surface area contributed by atoms with Gasteiger partial charge in [0.25, 0.3) is 7.82 Å². The second kappa shape index (κ2) is 36.9. The molecule has 0 aliphatic rings. The van der Waals surface area contributed by atoms with Crippen LogP contribution in [0.15, 0.2) is 12.2 Å². The first-order valence-corrected chi connectivity index (χ1v) is 24.0. The predicted molar refractivity (Wildman–Crippen MR) is 224 cm³/mol. The van der Waals surface area contributed by atoms with Crippen LogP contribution in [0.3, 0.4) is 0 Å². The summed E-state index contributed by atoms with van der Waals surface area (Å²) in [6.07, 6.45) is 40.6. The minimum absolute atomic E-state index is 0.0124. The second-order valence-electron chi connectivity index (χ2n) is 16.8. The zero-order valence-electron chi connectivity index (χ0n) is 35.7. The van der Waals surface area contributed by atoms with Crippen LogP contribution in [0.25, 0.3) is 0 Å². The zero-order valence-corrected chi connectivity index (χ0v) is 36.6. The van der Waals surface area contributed by atoms with E-state index in [1.54, 1.807) is 0 Å². The third kappa shape index (κ3) is 39.3. The van der Waals surface area contributed by atoms with Crippen LogP contribution in [0.2, 0.25) is 0 Å². The van der Waals surface area contributed by atoms with Gasteiger partial charge in [-0.1, -0.05) is 180 Å². The maximum Gasteiger partial charge on any atom is 0.268 e. The maximum absolute atomic E-state index is 12.9. The number of allylic oxidation sites excluding steroid dienone is 2. The molecule has 1 unspecified atom stereocenters. The maximum atomic E-state index is 12.9. The Morgan fingerprint density at radius 1 is 0.642 bits per heavy atom. The highest BCUT2D eigenvalue weighted by atomic mass is 31.2. The van der Waals surface area contributed by atoms with Gasteiger partial charge in [0.2, 0.25) is 5.91 Å². The molecule has 53 heavy (non-hydrogen) atoms. The Bertz CT molecular complexity index is 880. The van der Waals surface area contributed by atoms with Crippen molar-refractivity contribution in [3.63, 3.8) is 0 Å². The van der Waals surface area contributed by atoms with Crippen molar-refractivity contribution in [2.75, 3.05) is 40.9 Å². The van der Waals surface area contributed by atoms with E-state index in [-0.39, 0.29) is 19.1 Å². The van der Waals surface area contributed by atoms with Gasteiger partial charge in [-0.3, -0.25) is 9.36 Å². The zero-order chi connectivity index (χ0) is 39.3.